The molecule has 0 aliphatic heterocycles. The van der Waals surface area contributed by atoms with Crippen molar-refractivity contribution in [3.8, 4) is 0 Å². The molecule has 0 amide bonds. The van der Waals surface area contributed by atoms with Gasteiger partial charge in [0, 0.05) is 55.7 Å². The summed E-state index contributed by atoms with van der Waals surface area (Å²) in [6.07, 6.45) is 9.00. The summed E-state index contributed by atoms with van der Waals surface area (Å²) in [6.45, 7) is 3.37. The van der Waals surface area contributed by atoms with Crippen molar-refractivity contribution in [3.05, 3.63) is 120 Å². The number of carbonyl (C=O) groups excluding carboxylic acids is 1. The number of esters is 1. The Morgan fingerprint density at radius 3 is 1.33 bits per heavy atom. The monoisotopic (exact) mass is 708 g/mol. The molecule has 2 heterocycles. The summed E-state index contributed by atoms with van der Waals surface area (Å²) in [7, 11) is 0. The molecular formula is C32H27Br3N2O2. The second kappa shape index (κ2) is 12.5. The maximum absolute atomic E-state index is 11.1. The van der Waals surface area contributed by atoms with Gasteiger partial charge in [-0.15, -0.1) is 0 Å². The fourth-order valence-electron chi connectivity index (χ4n) is 5.09. The van der Waals surface area contributed by atoms with Gasteiger partial charge in [-0.2, -0.15) is 9.13 Å². The summed E-state index contributed by atoms with van der Waals surface area (Å²) in [6, 6.07) is 26.0. The van der Waals surface area contributed by atoms with Crippen molar-refractivity contribution < 1.29 is 52.6 Å². The molecule has 0 atom stereocenters. The van der Waals surface area contributed by atoms with E-state index in [1.54, 1.807) is 0 Å². The Morgan fingerprint density at radius 2 is 0.974 bits per heavy atom. The number of rotatable bonds is 7. The van der Waals surface area contributed by atoms with E-state index in [0.29, 0.717) is 6.61 Å². The lowest BCUT2D eigenvalue weighted by Gasteiger charge is -2.10. The Morgan fingerprint density at radius 1 is 0.615 bits per heavy atom. The zero-order valence-electron chi connectivity index (χ0n) is 21.4. The van der Waals surface area contributed by atoms with E-state index >= 15 is 0 Å². The van der Waals surface area contributed by atoms with Crippen LogP contribution >= 0.6 is 15.9 Å². The number of halogens is 3. The van der Waals surface area contributed by atoms with Gasteiger partial charge in [0.2, 0.25) is 0 Å². The van der Waals surface area contributed by atoms with Crippen LogP contribution in [0.2, 0.25) is 0 Å². The Kier molecular flexibility index (Phi) is 9.36. The molecule has 2 aromatic heterocycles. The first-order valence-electron chi connectivity index (χ1n) is 12.4. The molecule has 0 saturated heterocycles. The van der Waals surface area contributed by atoms with E-state index < -0.39 is 0 Å². The van der Waals surface area contributed by atoms with Gasteiger partial charge in [-0.1, -0.05) is 64.5 Å². The van der Waals surface area contributed by atoms with Crippen molar-refractivity contribution in [2.24, 2.45) is 0 Å². The Bertz CT molecular complexity index is 1670. The molecule has 0 aliphatic rings. The molecule has 0 radical (unpaired) electrons. The van der Waals surface area contributed by atoms with Crippen LogP contribution in [0.5, 0.6) is 0 Å². The quantitative estimate of drug-likeness (QED) is 0.103. The fourth-order valence-corrected chi connectivity index (χ4v) is 5.46. The first-order chi connectivity index (χ1) is 18.1. The molecule has 39 heavy (non-hydrogen) atoms. The van der Waals surface area contributed by atoms with Gasteiger partial charge >= 0.3 is 5.97 Å². The molecule has 0 unspecified atom stereocenters. The summed E-state index contributed by atoms with van der Waals surface area (Å²) in [5.41, 5.74) is 4.78. The first kappa shape index (κ1) is 29.1. The van der Waals surface area contributed by atoms with Gasteiger partial charge in [-0.25, -0.2) is 0 Å². The smallest absolute Gasteiger partial charge is 0.302 e. The topological polar surface area (TPSA) is 34.1 Å². The third kappa shape index (κ3) is 6.32. The predicted octanol–water partition coefficient (Wildman–Crippen LogP) is 0.222. The average Bonchev–Trinajstić information content (AvgIpc) is 2.91. The first-order valence-corrected chi connectivity index (χ1v) is 13.5. The molecule has 0 bridgehead atoms. The molecule has 4 aromatic carbocycles. The summed E-state index contributed by atoms with van der Waals surface area (Å²) < 4.78 is 9.63. The van der Waals surface area contributed by atoms with Gasteiger partial charge in [-0.05, 0) is 35.4 Å². The van der Waals surface area contributed by atoms with Crippen molar-refractivity contribution in [2.45, 2.75) is 32.0 Å². The number of aromatic nitrogens is 2. The highest BCUT2D eigenvalue weighted by atomic mass is 79.9. The van der Waals surface area contributed by atoms with Crippen molar-refractivity contribution in [1.82, 2.24) is 0 Å². The highest BCUT2D eigenvalue weighted by molar-refractivity contribution is 9.08. The van der Waals surface area contributed by atoms with Gasteiger partial charge in [0.15, 0.2) is 37.9 Å². The highest BCUT2D eigenvalue weighted by Gasteiger charge is 2.17. The number of nitrogens with zero attached hydrogens (tertiary/aromatic N) is 2. The van der Waals surface area contributed by atoms with Crippen LogP contribution in [0.1, 0.15) is 29.2 Å². The third-order valence-corrected chi connectivity index (χ3v) is 7.53. The molecule has 6 aromatic rings. The molecular weight excluding hydrogens is 684 g/mol. The molecule has 0 fully saturated rings. The Labute approximate surface area is 257 Å². The van der Waals surface area contributed by atoms with Crippen LogP contribution < -0.4 is 43.1 Å². The highest BCUT2D eigenvalue weighted by Crippen LogP contribution is 2.32. The van der Waals surface area contributed by atoms with Gasteiger partial charge < -0.3 is 38.7 Å². The predicted molar refractivity (Wildman–Crippen MR) is 150 cm³/mol. The maximum Gasteiger partial charge on any atom is 0.302 e. The minimum atomic E-state index is -0.261. The standard InChI is InChI=1S/C32H27BrN2O2.2BrH/c1-22(36)37-21-26-8-6-25(7-9-26)16-35-19-29-12-10-27-17-34(15-24-4-2-23(14-33)3-5-24)18-28-11-13-30(20-35)32(29)31(27)28;;/h2-13,17-20H,14-16,21H2,1H3;2*1H/q+2;;/p-2. The zero-order chi connectivity index (χ0) is 25.4. The van der Waals surface area contributed by atoms with E-state index in [1.807, 2.05) is 12.1 Å². The Balaban J connectivity index is 0.00000176. The van der Waals surface area contributed by atoms with Crippen LogP contribution in [-0.2, 0) is 34.6 Å². The molecule has 6 rings (SSSR count). The minimum absolute atomic E-state index is 0. The van der Waals surface area contributed by atoms with E-state index in [2.05, 4.69) is 111 Å². The zero-order valence-corrected chi connectivity index (χ0v) is 26.2. The van der Waals surface area contributed by atoms with E-state index in [-0.39, 0.29) is 39.9 Å². The number of hydrogen-bond acceptors (Lipinski definition) is 2. The van der Waals surface area contributed by atoms with Crippen molar-refractivity contribution in [2.75, 3.05) is 0 Å². The molecule has 0 aliphatic carbocycles. The SMILES string of the molecule is CC(=O)OCc1ccc(C[n+]2cc3ccc4c[n+](Cc5ccc(CBr)cc5)cc5ccc(c2)c3c45)cc1.[Br-].[Br-]. The minimum Gasteiger partial charge on any atom is -1.00 e. The number of pyridine rings is 2. The molecule has 198 valence electrons. The number of benzene rings is 4. The lowest BCUT2D eigenvalue weighted by molar-refractivity contribution is -0.686. The van der Waals surface area contributed by atoms with E-state index in [1.165, 1.54) is 55.9 Å². The summed E-state index contributed by atoms with van der Waals surface area (Å²) in [4.78, 5) is 11.1. The van der Waals surface area contributed by atoms with Crippen molar-refractivity contribution >= 4 is 54.2 Å². The molecule has 7 heteroatoms. The van der Waals surface area contributed by atoms with E-state index in [9.17, 15) is 4.79 Å². The van der Waals surface area contributed by atoms with Crippen LogP contribution in [0, 0.1) is 0 Å². The lowest BCUT2D eigenvalue weighted by atomic mass is 9.97. The summed E-state index contributed by atoms with van der Waals surface area (Å²) in [5, 5.41) is 8.52. The number of hydrogen-bond donors (Lipinski definition) is 0. The Hall–Kier alpha value is -2.87. The van der Waals surface area contributed by atoms with Crippen LogP contribution in [0.3, 0.4) is 0 Å². The van der Waals surface area contributed by atoms with Crippen molar-refractivity contribution in [3.63, 3.8) is 0 Å². The summed E-state index contributed by atoms with van der Waals surface area (Å²) >= 11 is 3.52. The molecule has 4 nitrogen and oxygen atoms in total. The van der Waals surface area contributed by atoms with E-state index in [4.69, 9.17) is 4.74 Å². The largest absolute Gasteiger partial charge is 1.00 e. The fraction of sp³-hybridized carbons (Fsp3) is 0.156. The summed E-state index contributed by atoms with van der Waals surface area (Å²) in [5.74, 6) is -0.261. The van der Waals surface area contributed by atoms with Gasteiger partial charge in [0.25, 0.3) is 0 Å². The van der Waals surface area contributed by atoms with Gasteiger partial charge in [0.05, 0.1) is 0 Å². The van der Waals surface area contributed by atoms with Crippen LogP contribution in [0.25, 0.3) is 32.3 Å². The van der Waals surface area contributed by atoms with Crippen LogP contribution in [0.4, 0.5) is 0 Å². The molecule has 0 saturated carbocycles. The second-order valence-corrected chi connectivity index (χ2v) is 10.2. The normalized spacial score (nSPS) is 10.9. The second-order valence-electron chi connectivity index (χ2n) is 9.65. The molecule has 0 N–H and O–H groups in total. The van der Waals surface area contributed by atoms with Crippen LogP contribution in [-0.4, -0.2) is 5.97 Å². The van der Waals surface area contributed by atoms with Gasteiger partial charge in [-0.3, -0.25) is 4.79 Å². The maximum atomic E-state index is 11.1. The molecule has 0 spiro atoms. The van der Waals surface area contributed by atoms with Gasteiger partial charge in [0.1, 0.15) is 6.61 Å². The van der Waals surface area contributed by atoms with E-state index in [0.717, 1.165) is 24.0 Å². The number of ether oxygens (including phenoxy) is 1. The van der Waals surface area contributed by atoms with Crippen molar-refractivity contribution in [1.29, 1.82) is 0 Å². The number of carbonyl (C=O) groups is 1. The average molecular weight is 711 g/mol. The van der Waals surface area contributed by atoms with Crippen LogP contribution in [0.15, 0.2) is 97.6 Å². The lowest BCUT2D eigenvalue weighted by Crippen LogP contribution is -3.00. The third-order valence-electron chi connectivity index (χ3n) is 6.88. The number of alkyl halides is 1.